The van der Waals surface area contributed by atoms with E-state index in [1.165, 1.54) is 0 Å². The summed E-state index contributed by atoms with van der Waals surface area (Å²) in [5.41, 5.74) is 0. The van der Waals surface area contributed by atoms with Crippen molar-refractivity contribution in [2.24, 2.45) is 0 Å². The van der Waals surface area contributed by atoms with Crippen molar-refractivity contribution in [1.29, 1.82) is 0 Å². The summed E-state index contributed by atoms with van der Waals surface area (Å²) in [5.74, 6) is 1.03. The van der Waals surface area contributed by atoms with Gasteiger partial charge in [0.15, 0.2) is 0 Å². The first-order valence-corrected chi connectivity index (χ1v) is 3.53. The number of nitrogens with zero attached hydrogens (tertiary/aromatic N) is 6. The molecule has 1 rings (SSSR count). The van der Waals surface area contributed by atoms with Crippen LogP contribution >= 0.6 is 0 Å². The molecule has 1 heterocycles. The van der Waals surface area contributed by atoms with Crippen LogP contribution in [0.4, 0.5) is 11.9 Å². The molecular weight excluding hydrogens is 156 g/mol. The normalized spacial score (nSPS) is 9.67. The van der Waals surface area contributed by atoms with Gasteiger partial charge in [-0.1, -0.05) is 0 Å². The van der Waals surface area contributed by atoms with Gasteiger partial charge < -0.3 is 9.80 Å². The molecule has 1 aromatic heterocycles. The lowest BCUT2D eigenvalue weighted by molar-refractivity contribution is 0.799. The van der Waals surface area contributed by atoms with Crippen molar-refractivity contribution in [2.45, 2.75) is 0 Å². The first-order chi connectivity index (χ1) is 5.61. The van der Waals surface area contributed by atoms with Gasteiger partial charge in [-0.05, 0) is 0 Å². The van der Waals surface area contributed by atoms with E-state index in [9.17, 15) is 0 Å². The quantitative estimate of drug-likeness (QED) is 0.587. The number of aromatic nitrogens is 4. The summed E-state index contributed by atoms with van der Waals surface area (Å²) in [5, 5.41) is 15.4. The van der Waals surface area contributed by atoms with Gasteiger partial charge in [0.2, 0.25) is 0 Å². The molecule has 1 aromatic rings. The van der Waals surface area contributed by atoms with Gasteiger partial charge in [0, 0.05) is 28.2 Å². The molecule has 0 fully saturated rings. The van der Waals surface area contributed by atoms with Crippen LogP contribution in [0.25, 0.3) is 0 Å². The Bertz CT molecular complexity index is 214. The molecule has 0 aliphatic rings. The van der Waals surface area contributed by atoms with Crippen LogP contribution in [0.3, 0.4) is 0 Å². The van der Waals surface area contributed by atoms with Crippen LogP contribution < -0.4 is 9.80 Å². The third-order valence-corrected chi connectivity index (χ3v) is 1.26. The van der Waals surface area contributed by atoms with Gasteiger partial charge in [-0.3, -0.25) is 0 Å². The summed E-state index contributed by atoms with van der Waals surface area (Å²) < 4.78 is 0. The standard InChI is InChI=1S/C6H12N6/c1-11(2)5-7-9-6(10-8-5)12(3)4/h1-4H3. The Balaban J connectivity index is 2.86. The molecule has 6 heteroatoms. The van der Waals surface area contributed by atoms with Crippen molar-refractivity contribution >= 4 is 11.9 Å². The average molecular weight is 168 g/mol. The van der Waals surface area contributed by atoms with E-state index in [4.69, 9.17) is 0 Å². The van der Waals surface area contributed by atoms with Crippen molar-refractivity contribution in [3.63, 3.8) is 0 Å². The molecule has 6 nitrogen and oxygen atoms in total. The molecule has 12 heavy (non-hydrogen) atoms. The lowest BCUT2D eigenvalue weighted by Gasteiger charge is -2.10. The van der Waals surface area contributed by atoms with Crippen LogP contribution in [0.15, 0.2) is 0 Å². The first kappa shape index (κ1) is 8.63. The van der Waals surface area contributed by atoms with E-state index in [0.717, 1.165) is 0 Å². The monoisotopic (exact) mass is 168 g/mol. The van der Waals surface area contributed by atoms with Crippen molar-refractivity contribution in [1.82, 2.24) is 20.4 Å². The minimum Gasteiger partial charge on any atom is -0.344 e. The lowest BCUT2D eigenvalue weighted by atomic mass is 10.8. The number of hydrogen-bond donors (Lipinski definition) is 0. The van der Waals surface area contributed by atoms with Crippen LogP contribution in [0.5, 0.6) is 0 Å². The fourth-order valence-electron chi connectivity index (χ4n) is 0.577. The molecule has 0 N–H and O–H groups in total. The van der Waals surface area contributed by atoms with Gasteiger partial charge in [-0.2, -0.15) is 0 Å². The fourth-order valence-corrected chi connectivity index (χ4v) is 0.577. The molecule has 0 radical (unpaired) electrons. The number of rotatable bonds is 2. The summed E-state index contributed by atoms with van der Waals surface area (Å²) in [7, 11) is 7.37. The molecule has 0 aliphatic heterocycles. The summed E-state index contributed by atoms with van der Waals surface area (Å²) in [6.07, 6.45) is 0. The minimum atomic E-state index is 0.514. The lowest BCUT2D eigenvalue weighted by Crippen LogP contribution is -2.18. The molecule has 0 aliphatic carbocycles. The molecule has 0 saturated heterocycles. The van der Waals surface area contributed by atoms with Gasteiger partial charge in [-0.25, -0.2) is 0 Å². The predicted molar refractivity (Wildman–Crippen MR) is 46.3 cm³/mol. The van der Waals surface area contributed by atoms with Gasteiger partial charge in [0.05, 0.1) is 0 Å². The zero-order valence-corrected chi connectivity index (χ0v) is 7.68. The second-order valence-corrected chi connectivity index (χ2v) is 2.79. The third-order valence-electron chi connectivity index (χ3n) is 1.26. The Morgan fingerprint density at radius 2 is 0.917 bits per heavy atom. The summed E-state index contributed by atoms with van der Waals surface area (Å²) in [4.78, 5) is 3.50. The highest BCUT2D eigenvalue weighted by atomic mass is 15.4. The highest BCUT2D eigenvalue weighted by molar-refractivity contribution is 5.27. The molecule has 0 aromatic carbocycles. The fraction of sp³-hybridized carbons (Fsp3) is 0.667. The topological polar surface area (TPSA) is 58.0 Å². The Morgan fingerprint density at radius 1 is 0.667 bits per heavy atom. The Morgan fingerprint density at radius 3 is 1.08 bits per heavy atom. The highest BCUT2D eigenvalue weighted by Gasteiger charge is 2.02. The van der Waals surface area contributed by atoms with E-state index < -0.39 is 0 Å². The molecule has 0 saturated carbocycles. The largest absolute Gasteiger partial charge is 0.344 e. The zero-order chi connectivity index (χ0) is 9.14. The smallest absolute Gasteiger partial charge is 0.264 e. The Labute approximate surface area is 71.2 Å². The van der Waals surface area contributed by atoms with Crippen LogP contribution in [0.1, 0.15) is 0 Å². The molecule has 0 atom stereocenters. The van der Waals surface area contributed by atoms with E-state index in [-0.39, 0.29) is 0 Å². The highest BCUT2D eigenvalue weighted by Crippen LogP contribution is 2.01. The van der Waals surface area contributed by atoms with Crippen LogP contribution in [-0.4, -0.2) is 48.6 Å². The minimum absolute atomic E-state index is 0.514. The van der Waals surface area contributed by atoms with E-state index in [0.29, 0.717) is 11.9 Å². The number of hydrogen-bond acceptors (Lipinski definition) is 6. The summed E-state index contributed by atoms with van der Waals surface area (Å²) in [6.45, 7) is 0. The summed E-state index contributed by atoms with van der Waals surface area (Å²) in [6, 6.07) is 0. The van der Waals surface area contributed by atoms with E-state index in [2.05, 4.69) is 20.4 Å². The van der Waals surface area contributed by atoms with Gasteiger partial charge in [0.25, 0.3) is 11.9 Å². The van der Waals surface area contributed by atoms with Crippen molar-refractivity contribution in [2.75, 3.05) is 38.0 Å². The zero-order valence-electron chi connectivity index (χ0n) is 7.68. The molecule has 0 bridgehead atoms. The molecule has 66 valence electrons. The second-order valence-electron chi connectivity index (χ2n) is 2.79. The first-order valence-electron chi connectivity index (χ1n) is 3.53. The van der Waals surface area contributed by atoms with E-state index in [1.54, 1.807) is 9.80 Å². The maximum atomic E-state index is 3.86. The Kier molecular flexibility index (Phi) is 2.37. The number of anilines is 2. The predicted octanol–water partition coefficient (Wildman–Crippen LogP) is -0.601. The second kappa shape index (κ2) is 3.29. The average Bonchev–Trinajstić information content (AvgIpc) is 2.04. The van der Waals surface area contributed by atoms with Gasteiger partial charge in [0.1, 0.15) is 0 Å². The van der Waals surface area contributed by atoms with E-state index in [1.807, 2.05) is 28.2 Å². The molecule has 0 amide bonds. The SMILES string of the molecule is CN(C)c1nnc(N(C)C)nn1. The maximum Gasteiger partial charge on any atom is 0.264 e. The maximum absolute atomic E-state index is 3.86. The van der Waals surface area contributed by atoms with Crippen LogP contribution in [-0.2, 0) is 0 Å². The molecule has 0 spiro atoms. The van der Waals surface area contributed by atoms with Gasteiger partial charge >= 0.3 is 0 Å². The van der Waals surface area contributed by atoms with Crippen LogP contribution in [0.2, 0.25) is 0 Å². The molecular formula is C6H12N6. The molecule has 0 unspecified atom stereocenters. The third kappa shape index (κ3) is 1.77. The summed E-state index contributed by atoms with van der Waals surface area (Å²) >= 11 is 0. The van der Waals surface area contributed by atoms with E-state index >= 15 is 0 Å². The van der Waals surface area contributed by atoms with Crippen molar-refractivity contribution < 1.29 is 0 Å². The van der Waals surface area contributed by atoms with Crippen molar-refractivity contribution in [3.8, 4) is 0 Å². The Hall–Kier alpha value is -1.46. The van der Waals surface area contributed by atoms with Crippen LogP contribution in [0, 0.1) is 0 Å². The van der Waals surface area contributed by atoms with Crippen molar-refractivity contribution in [3.05, 3.63) is 0 Å². The van der Waals surface area contributed by atoms with Gasteiger partial charge in [-0.15, -0.1) is 20.4 Å².